The second-order valence-electron chi connectivity index (χ2n) is 11.3. The third-order valence-electron chi connectivity index (χ3n) is 8.33. The first-order chi connectivity index (χ1) is 21.8. The SMILES string of the molecule is CN1CCCNc2c(ccn(C)c2=O)-c2cccc(n2)N[C@H]2C[C@@H](C1=O)N(c1ncnc3c1cnn3-c1ccc(F)cc1F)C2. The van der Waals surface area contributed by atoms with Gasteiger partial charge in [-0.2, -0.15) is 5.10 Å². The highest BCUT2D eigenvalue weighted by Gasteiger charge is 2.40. The molecular weight excluding hydrogens is 582 g/mol. The molecule has 0 radical (unpaired) electrons. The molecule has 230 valence electrons. The molecule has 2 aliphatic heterocycles. The monoisotopic (exact) mass is 612 g/mol. The molecular formula is C31H30F2N10O2. The van der Waals surface area contributed by atoms with Crippen molar-refractivity contribution in [1.82, 2.24) is 34.2 Å². The summed E-state index contributed by atoms with van der Waals surface area (Å²) in [5, 5.41) is 11.6. The maximum atomic E-state index is 14.7. The normalized spacial score (nSPS) is 18.6. The van der Waals surface area contributed by atoms with E-state index in [1.165, 1.54) is 27.8 Å². The molecule has 0 saturated carbocycles. The van der Waals surface area contributed by atoms with Crippen LogP contribution in [0.15, 0.2) is 66.0 Å². The van der Waals surface area contributed by atoms with Crippen molar-refractivity contribution in [2.45, 2.75) is 24.9 Å². The Labute approximate surface area is 256 Å². The first-order valence-electron chi connectivity index (χ1n) is 14.6. The van der Waals surface area contributed by atoms with Crippen molar-refractivity contribution in [3.63, 3.8) is 0 Å². The lowest BCUT2D eigenvalue weighted by atomic mass is 10.1. The topological polar surface area (TPSA) is 126 Å². The molecule has 14 heteroatoms. The molecule has 12 nitrogen and oxygen atoms in total. The van der Waals surface area contributed by atoms with Gasteiger partial charge >= 0.3 is 0 Å². The Morgan fingerprint density at radius 2 is 1.91 bits per heavy atom. The molecule has 45 heavy (non-hydrogen) atoms. The number of hydrogen-bond acceptors (Lipinski definition) is 9. The molecule has 2 atom stereocenters. The van der Waals surface area contributed by atoms with Gasteiger partial charge in [0.2, 0.25) is 5.91 Å². The Balaban J connectivity index is 1.27. The van der Waals surface area contributed by atoms with E-state index in [9.17, 15) is 18.4 Å². The summed E-state index contributed by atoms with van der Waals surface area (Å²) in [6.07, 6.45) is 5.68. The first kappa shape index (κ1) is 28.4. The number of aryl methyl sites for hydroxylation is 1. The highest BCUT2D eigenvalue weighted by atomic mass is 19.1. The summed E-state index contributed by atoms with van der Waals surface area (Å²) in [6, 6.07) is 9.97. The van der Waals surface area contributed by atoms with E-state index in [4.69, 9.17) is 4.98 Å². The molecule has 7 rings (SSSR count). The fraction of sp³-hybridized carbons (Fsp3) is 0.290. The predicted molar refractivity (Wildman–Crippen MR) is 165 cm³/mol. The van der Waals surface area contributed by atoms with Gasteiger partial charge in [0.25, 0.3) is 5.56 Å². The standard InChI is InChI=1S/C31H30F2N10O2/c1-40-11-4-10-34-27-20(9-12-41(2)31(27)45)23-5-3-6-26(39-23)38-19-14-25(30(40)44)42(16-19)28-21-15-37-43(29(21)36-17-35-28)24-8-7-18(32)13-22(24)33/h3,5-9,12-13,15,17,19,25,34H,4,10-11,14,16H2,1-2H3,(H,38,39)/t19-,25-/m0/s1. The summed E-state index contributed by atoms with van der Waals surface area (Å²) >= 11 is 0. The lowest BCUT2D eigenvalue weighted by molar-refractivity contribution is -0.131. The molecule has 4 aromatic heterocycles. The van der Waals surface area contributed by atoms with E-state index < -0.39 is 17.7 Å². The quantitative estimate of drug-likeness (QED) is 0.309. The van der Waals surface area contributed by atoms with Crippen LogP contribution in [0.1, 0.15) is 12.8 Å². The highest BCUT2D eigenvalue weighted by Crippen LogP contribution is 2.33. The van der Waals surface area contributed by atoms with Crippen molar-refractivity contribution >= 4 is 34.3 Å². The largest absolute Gasteiger partial charge is 0.380 e. The number of anilines is 3. The van der Waals surface area contributed by atoms with Gasteiger partial charge in [0.05, 0.1) is 17.3 Å². The lowest BCUT2D eigenvalue weighted by Crippen LogP contribution is -2.45. The molecule has 0 unspecified atom stereocenters. The zero-order valence-electron chi connectivity index (χ0n) is 24.6. The zero-order chi connectivity index (χ0) is 31.2. The van der Waals surface area contributed by atoms with Gasteiger partial charge in [0.1, 0.15) is 41.2 Å². The van der Waals surface area contributed by atoms with Crippen LogP contribution in [0.25, 0.3) is 28.0 Å². The third kappa shape index (κ3) is 5.11. The molecule has 1 aromatic carbocycles. The minimum absolute atomic E-state index is 0.0461. The van der Waals surface area contributed by atoms with Gasteiger partial charge in [0, 0.05) is 57.6 Å². The number of likely N-dealkylation sites (N-methyl/N-ethyl adjacent to an activating group) is 1. The van der Waals surface area contributed by atoms with Crippen LogP contribution in [0.4, 0.5) is 26.1 Å². The van der Waals surface area contributed by atoms with Gasteiger partial charge in [-0.3, -0.25) is 9.59 Å². The van der Waals surface area contributed by atoms with E-state index in [0.29, 0.717) is 72.1 Å². The van der Waals surface area contributed by atoms with Crippen molar-refractivity contribution < 1.29 is 13.6 Å². The van der Waals surface area contributed by atoms with Crippen molar-refractivity contribution in [3.8, 4) is 16.9 Å². The first-order valence-corrected chi connectivity index (χ1v) is 14.6. The molecule has 1 saturated heterocycles. The van der Waals surface area contributed by atoms with Crippen LogP contribution in [0.5, 0.6) is 0 Å². The molecule has 5 aromatic rings. The van der Waals surface area contributed by atoms with Gasteiger partial charge in [-0.25, -0.2) is 28.4 Å². The number of aromatic nitrogens is 6. The fourth-order valence-electron chi connectivity index (χ4n) is 6.08. The molecule has 1 fully saturated rings. The number of pyridine rings is 2. The van der Waals surface area contributed by atoms with E-state index >= 15 is 0 Å². The number of rotatable bonds is 2. The summed E-state index contributed by atoms with van der Waals surface area (Å²) in [5.74, 6) is -0.470. The van der Waals surface area contributed by atoms with Gasteiger partial charge in [-0.15, -0.1) is 0 Å². The Morgan fingerprint density at radius 1 is 1.04 bits per heavy atom. The maximum absolute atomic E-state index is 14.7. The maximum Gasteiger partial charge on any atom is 0.274 e. The van der Waals surface area contributed by atoms with Crippen LogP contribution in [0, 0.1) is 11.6 Å². The van der Waals surface area contributed by atoms with E-state index in [0.717, 1.165) is 12.1 Å². The molecule has 0 aliphatic carbocycles. The minimum Gasteiger partial charge on any atom is -0.380 e. The Bertz CT molecular complexity index is 1990. The summed E-state index contributed by atoms with van der Waals surface area (Å²) in [7, 11) is 3.47. The number of carbonyl (C=O) groups excluding carboxylic acids is 1. The number of carbonyl (C=O) groups is 1. The van der Waals surface area contributed by atoms with E-state index in [-0.39, 0.29) is 23.2 Å². The molecule has 1 amide bonds. The van der Waals surface area contributed by atoms with Crippen molar-refractivity contribution in [3.05, 3.63) is 83.2 Å². The second-order valence-corrected chi connectivity index (χ2v) is 11.3. The third-order valence-corrected chi connectivity index (χ3v) is 8.33. The van der Waals surface area contributed by atoms with Crippen LogP contribution < -0.4 is 21.1 Å². The van der Waals surface area contributed by atoms with Gasteiger partial charge in [-0.1, -0.05) is 6.07 Å². The Kier molecular flexibility index (Phi) is 7.10. The van der Waals surface area contributed by atoms with E-state index in [2.05, 4.69) is 25.7 Å². The van der Waals surface area contributed by atoms with E-state index in [1.54, 1.807) is 25.2 Å². The fourth-order valence-corrected chi connectivity index (χ4v) is 6.08. The van der Waals surface area contributed by atoms with Crippen molar-refractivity contribution in [2.75, 3.05) is 42.2 Å². The predicted octanol–water partition coefficient (Wildman–Crippen LogP) is 3.19. The van der Waals surface area contributed by atoms with E-state index in [1.807, 2.05) is 29.2 Å². The van der Waals surface area contributed by atoms with Crippen molar-refractivity contribution in [2.24, 2.45) is 7.05 Å². The average molecular weight is 613 g/mol. The van der Waals surface area contributed by atoms with Gasteiger partial charge in [-0.05, 0) is 43.2 Å². The molecule has 2 N–H and O–H groups in total. The number of halogens is 2. The van der Waals surface area contributed by atoms with Crippen LogP contribution in [0.2, 0.25) is 0 Å². The number of hydrogen-bond donors (Lipinski definition) is 2. The second kappa shape index (κ2) is 11.3. The Hall–Kier alpha value is -5.40. The summed E-state index contributed by atoms with van der Waals surface area (Å²) < 4.78 is 31.1. The van der Waals surface area contributed by atoms with Gasteiger partial charge < -0.3 is 25.0 Å². The summed E-state index contributed by atoms with van der Waals surface area (Å²) in [5.41, 5.74) is 2.03. The number of amides is 1. The molecule has 4 bridgehead atoms. The molecule has 6 heterocycles. The molecule has 0 spiro atoms. The summed E-state index contributed by atoms with van der Waals surface area (Å²) in [4.78, 5) is 44.4. The number of nitrogens with one attached hydrogen (secondary N) is 2. The van der Waals surface area contributed by atoms with Crippen LogP contribution in [-0.2, 0) is 11.8 Å². The number of nitrogens with zero attached hydrogens (tertiary/aromatic N) is 8. The zero-order valence-corrected chi connectivity index (χ0v) is 24.6. The van der Waals surface area contributed by atoms with Crippen LogP contribution in [0.3, 0.4) is 0 Å². The Morgan fingerprint density at radius 3 is 2.76 bits per heavy atom. The van der Waals surface area contributed by atoms with Gasteiger partial charge in [0.15, 0.2) is 11.5 Å². The van der Waals surface area contributed by atoms with Crippen LogP contribution in [-0.4, -0.2) is 78.9 Å². The average Bonchev–Trinajstić information content (AvgIpc) is 3.65. The van der Waals surface area contributed by atoms with Crippen molar-refractivity contribution in [1.29, 1.82) is 0 Å². The molecule has 2 aliphatic rings. The van der Waals surface area contributed by atoms with Crippen LogP contribution >= 0.6 is 0 Å². The smallest absolute Gasteiger partial charge is 0.274 e. The summed E-state index contributed by atoms with van der Waals surface area (Å²) in [6.45, 7) is 1.35. The lowest BCUT2D eigenvalue weighted by Gasteiger charge is -2.29. The highest BCUT2D eigenvalue weighted by molar-refractivity contribution is 5.92. The minimum atomic E-state index is -0.777. The number of benzene rings is 1. The number of fused-ring (bicyclic) bond motifs is 7.